The van der Waals surface area contributed by atoms with Gasteiger partial charge in [-0.15, -0.1) is 0 Å². The van der Waals surface area contributed by atoms with Crippen molar-refractivity contribution in [1.82, 2.24) is 0 Å². The molecular weight excluding hydrogens is 114 g/mol. The lowest BCUT2D eigenvalue weighted by molar-refractivity contribution is -0.134. The Labute approximate surface area is 50.8 Å². The first kappa shape index (κ1) is 9.83. The van der Waals surface area contributed by atoms with E-state index in [1.807, 2.05) is 0 Å². The molecule has 4 heteroatoms. The smallest absolute Gasteiger partial charge is 0.364 e. The SMILES string of the molecule is C=C(F)C(=O)O.[AlH3]. The van der Waals surface area contributed by atoms with E-state index in [0.717, 1.165) is 0 Å². The number of carboxylic acid groups (broad SMARTS) is 1. The summed E-state index contributed by atoms with van der Waals surface area (Å²) in [5.74, 6) is -2.93. The number of carboxylic acids is 1. The molecule has 0 amide bonds. The van der Waals surface area contributed by atoms with Crippen molar-refractivity contribution < 1.29 is 14.3 Å². The van der Waals surface area contributed by atoms with Gasteiger partial charge in [0, 0.05) is 0 Å². The molecule has 0 fully saturated rings. The second-order valence-corrected chi connectivity index (χ2v) is 0.710. The van der Waals surface area contributed by atoms with Crippen LogP contribution in [-0.2, 0) is 4.79 Å². The molecule has 0 aromatic heterocycles. The molecule has 0 atom stereocenters. The van der Waals surface area contributed by atoms with Crippen LogP contribution in [0.5, 0.6) is 0 Å². The molecule has 0 spiro atoms. The molecule has 40 valence electrons. The topological polar surface area (TPSA) is 37.3 Å². The summed E-state index contributed by atoms with van der Waals surface area (Å²) >= 11 is 0. The Morgan fingerprint density at radius 3 is 1.86 bits per heavy atom. The zero-order valence-electron chi connectivity index (χ0n) is 2.94. The lowest BCUT2D eigenvalue weighted by Gasteiger charge is -1.75. The van der Waals surface area contributed by atoms with Gasteiger partial charge in [0.15, 0.2) is 17.4 Å². The molecular formula is C3H6AlFO2. The predicted molar refractivity (Wildman–Crippen MR) is 27.8 cm³/mol. The minimum Gasteiger partial charge on any atom is -0.476 e. The van der Waals surface area contributed by atoms with Crippen molar-refractivity contribution in [3.05, 3.63) is 12.4 Å². The minimum atomic E-state index is -1.60. The van der Waals surface area contributed by atoms with Gasteiger partial charge in [-0.05, 0) is 0 Å². The maximum atomic E-state index is 11.0. The monoisotopic (exact) mass is 120 g/mol. The van der Waals surface area contributed by atoms with Crippen LogP contribution < -0.4 is 0 Å². The Bertz CT molecular complexity index is 78.9. The molecule has 0 aliphatic rings. The molecule has 0 bridgehead atoms. The summed E-state index contributed by atoms with van der Waals surface area (Å²) in [6.07, 6.45) is 0. The van der Waals surface area contributed by atoms with E-state index in [-0.39, 0.29) is 17.4 Å². The highest BCUT2D eigenvalue weighted by atomic mass is 27.0. The maximum absolute atomic E-state index is 11.0. The first-order valence-corrected chi connectivity index (χ1v) is 1.22. The molecule has 0 aliphatic heterocycles. The van der Waals surface area contributed by atoms with Crippen LogP contribution in [0.15, 0.2) is 12.4 Å². The molecule has 0 saturated heterocycles. The first-order valence-electron chi connectivity index (χ1n) is 1.22. The van der Waals surface area contributed by atoms with Crippen molar-refractivity contribution in [3.63, 3.8) is 0 Å². The highest BCUT2D eigenvalue weighted by Crippen LogP contribution is 1.86. The highest BCUT2D eigenvalue weighted by Gasteiger charge is 1.96. The molecule has 0 aromatic rings. The van der Waals surface area contributed by atoms with Crippen LogP contribution in [0.1, 0.15) is 0 Å². The third-order valence-corrected chi connectivity index (χ3v) is 0.232. The number of hydrogen-bond acceptors (Lipinski definition) is 1. The van der Waals surface area contributed by atoms with Crippen molar-refractivity contribution in [2.45, 2.75) is 0 Å². The van der Waals surface area contributed by atoms with Crippen LogP contribution in [0.4, 0.5) is 4.39 Å². The zero-order valence-corrected chi connectivity index (χ0v) is 2.94. The Hall–Kier alpha value is -0.328. The Balaban J connectivity index is 0. The molecule has 0 unspecified atom stereocenters. The molecule has 7 heavy (non-hydrogen) atoms. The van der Waals surface area contributed by atoms with Crippen LogP contribution in [0.3, 0.4) is 0 Å². The van der Waals surface area contributed by atoms with E-state index in [2.05, 4.69) is 6.58 Å². The fraction of sp³-hybridized carbons (Fsp3) is 0. The van der Waals surface area contributed by atoms with Gasteiger partial charge in [-0.25, -0.2) is 4.79 Å². The number of halogens is 1. The lowest BCUT2D eigenvalue weighted by atomic mass is 10.6. The summed E-state index contributed by atoms with van der Waals surface area (Å²) in [4.78, 5) is 9.22. The van der Waals surface area contributed by atoms with E-state index >= 15 is 0 Å². The summed E-state index contributed by atoms with van der Waals surface area (Å²) in [7, 11) is 0. The number of rotatable bonds is 1. The van der Waals surface area contributed by atoms with Gasteiger partial charge in [-0.1, -0.05) is 6.58 Å². The largest absolute Gasteiger partial charge is 0.476 e. The fourth-order valence-electron chi connectivity index (χ4n) is 0. The third-order valence-electron chi connectivity index (χ3n) is 0.232. The number of carbonyl (C=O) groups is 1. The quantitative estimate of drug-likeness (QED) is 0.369. The normalized spacial score (nSPS) is 6.43. The van der Waals surface area contributed by atoms with Crippen LogP contribution >= 0.6 is 0 Å². The van der Waals surface area contributed by atoms with E-state index in [4.69, 9.17) is 5.11 Å². The third kappa shape index (κ3) is 5.67. The van der Waals surface area contributed by atoms with Crippen molar-refractivity contribution in [3.8, 4) is 0 Å². The standard InChI is InChI=1S/C3H3FO2.Al.3H/c1-2(4)3(5)6;;;;/h1H2,(H,5,6);;;;. The van der Waals surface area contributed by atoms with Gasteiger partial charge in [-0.2, -0.15) is 4.39 Å². The second kappa shape index (κ2) is 3.85. The zero-order chi connectivity index (χ0) is 5.15. The maximum Gasteiger partial charge on any atom is 0.364 e. The van der Waals surface area contributed by atoms with Gasteiger partial charge in [-0.3, -0.25) is 0 Å². The van der Waals surface area contributed by atoms with Gasteiger partial charge in [0.2, 0.25) is 5.83 Å². The first-order chi connectivity index (χ1) is 2.64. The average Bonchev–Trinajstić information content (AvgIpc) is 1.36. The number of aliphatic carboxylic acids is 1. The summed E-state index contributed by atoms with van der Waals surface area (Å²) in [6, 6.07) is 0. The van der Waals surface area contributed by atoms with Gasteiger partial charge in [0.05, 0.1) is 0 Å². The van der Waals surface area contributed by atoms with Crippen molar-refractivity contribution >= 4 is 23.3 Å². The summed E-state index contributed by atoms with van der Waals surface area (Å²) in [5, 5.41) is 7.52. The van der Waals surface area contributed by atoms with Gasteiger partial charge in [0.1, 0.15) is 0 Å². The fourth-order valence-corrected chi connectivity index (χ4v) is 0. The predicted octanol–water partition coefficient (Wildman–Crippen LogP) is -0.630. The minimum absolute atomic E-state index is 0. The van der Waals surface area contributed by atoms with Crippen LogP contribution in [-0.4, -0.2) is 28.4 Å². The van der Waals surface area contributed by atoms with Crippen molar-refractivity contribution in [2.24, 2.45) is 0 Å². The van der Waals surface area contributed by atoms with E-state index < -0.39 is 11.8 Å². The Morgan fingerprint density at radius 1 is 1.71 bits per heavy atom. The molecule has 0 saturated carbocycles. The van der Waals surface area contributed by atoms with Crippen LogP contribution in [0.2, 0.25) is 0 Å². The summed E-state index contributed by atoms with van der Waals surface area (Å²) < 4.78 is 11.0. The van der Waals surface area contributed by atoms with Gasteiger partial charge < -0.3 is 5.11 Å². The molecule has 0 heterocycles. The van der Waals surface area contributed by atoms with Gasteiger partial charge >= 0.3 is 5.97 Å². The molecule has 0 aromatic carbocycles. The summed E-state index contributed by atoms with van der Waals surface area (Å²) in [5.41, 5.74) is 0. The highest BCUT2D eigenvalue weighted by molar-refractivity contribution is 5.82. The molecule has 0 radical (unpaired) electrons. The molecule has 0 aliphatic carbocycles. The van der Waals surface area contributed by atoms with Crippen LogP contribution in [0, 0.1) is 0 Å². The Morgan fingerprint density at radius 2 is 1.86 bits per heavy atom. The molecule has 0 rings (SSSR count). The Kier molecular flexibility index (Phi) is 5.41. The summed E-state index contributed by atoms with van der Waals surface area (Å²) in [6.45, 7) is 2.49. The average molecular weight is 120 g/mol. The lowest BCUT2D eigenvalue weighted by Crippen LogP contribution is -1.90. The molecule has 2 nitrogen and oxygen atoms in total. The van der Waals surface area contributed by atoms with E-state index in [1.165, 1.54) is 0 Å². The van der Waals surface area contributed by atoms with E-state index in [9.17, 15) is 9.18 Å². The van der Waals surface area contributed by atoms with Gasteiger partial charge in [0.25, 0.3) is 0 Å². The van der Waals surface area contributed by atoms with Crippen molar-refractivity contribution in [2.75, 3.05) is 0 Å². The van der Waals surface area contributed by atoms with E-state index in [1.54, 1.807) is 0 Å². The van der Waals surface area contributed by atoms with Crippen molar-refractivity contribution in [1.29, 1.82) is 0 Å². The number of hydrogen-bond donors (Lipinski definition) is 1. The van der Waals surface area contributed by atoms with E-state index in [0.29, 0.717) is 0 Å². The van der Waals surface area contributed by atoms with Crippen LogP contribution in [0.25, 0.3) is 0 Å². The molecule has 1 N–H and O–H groups in total. The second-order valence-electron chi connectivity index (χ2n) is 0.710.